The highest BCUT2D eigenvalue weighted by Crippen LogP contribution is 2.23. The fraction of sp³-hybridized carbons (Fsp3) is 0.200. The maximum absolute atomic E-state index is 4.64. The summed E-state index contributed by atoms with van der Waals surface area (Å²) in [6.45, 7) is 0.957. The van der Waals surface area contributed by atoms with Gasteiger partial charge in [0.1, 0.15) is 5.82 Å². The molecule has 0 atom stereocenters. The summed E-state index contributed by atoms with van der Waals surface area (Å²) < 4.78 is 0. The lowest BCUT2D eigenvalue weighted by Crippen LogP contribution is -2.10. The summed E-state index contributed by atoms with van der Waals surface area (Å²) in [5.41, 5.74) is 4.38. The van der Waals surface area contributed by atoms with Gasteiger partial charge in [0.25, 0.3) is 0 Å². The van der Waals surface area contributed by atoms with Crippen LogP contribution in [-0.2, 0) is 6.42 Å². The van der Waals surface area contributed by atoms with Gasteiger partial charge in [0.2, 0.25) is 0 Å². The molecule has 0 bridgehead atoms. The van der Waals surface area contributed by atoms with Crippen LogP contribution in [0.1, 0.15) is 5.56 Å². The first-order valence-corrected chi connectivity index (χ1v) is 6.41. The second-order valence-electron chi connectivity index (χ2n) is 4.49. The van der Waals surface area contributed by atoms with Gasteiger partial charge in [0.15, 0.2) is 0 Å². The monoisotopic (exact) mass is 252 g/mol. The molecule has 0 aliphatic carbocycles. The van der Waals surface area contributed by atoms with Crippen LogP contribution in [0.15, 0.2) is 42.7 Å². The largest absolute Gasteiger partial charge is 0.337 e. The normalized spacial score (nSPS) is 11.0. The van der Waals surface area contributed by atoms with Crippen molar-refractivity contribution in [3.63, 3.8) is 0 Å². The number of fused-ring (bicyclic) bond motifs is 1. The van der Waals surface area contributed by atoms with Gasteiger partial charge in [0.05, 0.1) is 17.2 Å². The number of aromatic amines is 1. The van der Waals surface area contributed by atoms with E-state index in [-0.39, 0.29) is 0 Å². The number of H-pyrrole nitrogens is 1. The molecule has 0 unspecified atom stereocenters. The number of hydrogen-bond acceptors (Lipinski definition) is 3. The Balaban J connectivity index is 2.05. The Bertz CT molecular complexity index is 654. The lowest BCUT2D eigenvalue weighted by atomic mass is 10.0. The minimum atomic E-state index is 0.912. The number of nitrogens with one attached hydrogen (secondary N) is 2. The summed E-state index contributed by atoms with van der Waals surface area (Å²) >= 11 is 0. The standard InChI is InChI=1S/C15H16N4/c1-16-8-6-11-4-2-3-5-12(11)15-18-13-7-9-17-10-14(13)19-15/h2-5,7,9-10,16H,6,8H2,1H3,(H,18,19). The van der Waals surface area contributed by atoms with E-state index < -0.39 is 0 Å². The lowest BCUT2D eigenvalue weighted by Gasteiger charge is -2.06. The Morgan fingerprint density at radius 3 is 2.95 bits per heavy atom. The molecule has 0 aliphatic rings. The van der Waals surface area contributed by atoms with Crippen LogP contribution in [0.25, 0.3) is 22.4 Å². The number of pyridine rings is 1. The van der Waals surface area contributed by atoms with E-state index in [4.69, 9.17) is 0 Å². The van der Waals surface area contributed by atoms with Gasteiger partial charge in [-0.15, -0.1) is 0 Å². The summed E-state index contributed by atoms with van der Waals surface area (Å²) in [5, 5.41) is 3.18. The molecular formula is C15H16N4. The first-order valence-electron chi connectivity index (χ1n) is 6.41. The zero-order chi connectivity index (χ0) is 13.1. The van der Waals surface area contributed by atoms with Crippen molar-refractivity contribution in [1.29, 1.82) is 0 Å². The maximum atomic E-state index is 4.64. The van der Waals surface area contributed by atoms with Gasteiger partial charge < -0.3 is 10.3 Å². The number of likely N-dealkylation sites (N-methyl/N-ethyl adjacent to an activating group) is 1. The van der Waals surface area contributed by atoms with Crippen molar-refractivity contribution in [3.8, 4) is 11.4 Å². The van der Waals surface area contributed by atoms with Crippen LogP contribution in [0.2, 0.25) is 0 Å². The van der Waals surface area contributed by atoms with Crippen molar-refractivity contribution in [2.75, 3.05) is 13.6 Å². The molecule has 2 heterocycles. The number of hydrogen-bond donors (Lipinski definition) is 2. The Kier molecular flexibility index (Phi) is 3.25. The Morgan fingerprint density at radius 1 is 1.21 bits per heavy atom. The number of nitrogens with zero attached hydrogens (tertiary/aromatic N) is 2. The molecule has 1 aromatic carbocycles. The highest BCUT2D eigenvalue weighted by atomic mass is 14.9. The van der Waals surface area contributed by atoms with Gasteiger partial charge in [-0.1, -0.05) is 24.3 Å². The molecule has 19 heavy (non-hydrogen) atoms. The summed E-state index contributed by atoms with van der Waals surface area (Å²) in [6.07, 6.45) is 4.56. The zero-order valence-electron chi connectivity index (χ0n) is 10.9. The van der Waals surface area contributed by atoms with E-state index in [0.29, 0.717) is 0 Å². The van der Waals surface area contributed by atoms with Crippen LogP contribution in [0.4, 0.5) is 0 Å². The molecule has 0 fully saturated rings. The quantitative estimate of drug-likeness (QED) is 0.749. The molecule has 4 heteroatoms. The van der Waals surface area contributed by atoms with Crippen LogP contribution in [0.3, 0.4) is 0 Å². The fourth-order valence-electron chi connectivity index (χ4n) is 2.21. The topological polar surface area (TPSA) is 53.6 Å². The molecule has 0 amide bonds. The zero-order valence-corrected chi connectivity index (χ0v) is 10.9. The molecule has 3 rings (SSSR count). The maximum Gasteiger partial charge on any atom is 0.138 e. The van der Waals surface area contributed by atoms with Gasteiger partial charge in [-0.05, 0) is 31.6 Å². The van der Waals surface area contributed by atoms with Crippen molar-refractivity contribution < 1.29 is 0 Å². The summed E-state index contributed by atoms with van der Waals surface area (Å²) in [7, 11) is 1.97. The van der Waals surface area contributed by atoms with Crippen molar-refractivity contribution in [2.24, 2.45) is 0 Å². The third-order valence-electron chi connectivity index (χ3n) is 3.20. The minimum absolute atomic E-state index is 0.912. The van der Waals surface area contributed by atoms with Crippen LogP contribution in [0, 0.1) is 0 Å². The van der Waals surface area contributed by atoms with Crippen molar-refractivity contribution >= 4 is 11.0 Å². The van der Waals surface area contributed by atoms with E-state index in [1.54, 1.807) is 6.20 Å². The van der Waals surface area contributed by atoms with Gasteiger partial charge in [-0.2, -0.15) is 0 Å². The van der Waals surface area contributed by atoms with Crippen LogP contribution >= 0.6 is 0 Å². The van der Waals surface area contributed by atoms with E-state index in [1.807, 2.05) is 25.4 Å². The molecule has 0 saturated carbocycles. The second kappa shape index (κ2) is 5.20. The third kappa shape index (κ3) is 2.35. The van der Waals surface area contributed by atoms with Gasteiger partial charge >= 0.3 is 0 Å². The number of imidazole rings is 1. The predicted octanol–water partition coefficient (Wildman–Crippen LogP) is 2.39. The van der Waals surface area contributed by atoms with Gasteiger partial charge in [0, 0.05) is 11.8 Å². The van der Waals surface area contributed by atoms with Crippen molar-refractivity contribution in [1.82, 2.24) is 20.3 Å². The Labute approximate surface area is 111 Å². The average Bonchev–Trinajstić information content (AvgIpc) is 2.89. The molecule has 0 saturated heterocycles. The van der Waals surface area contributed by atoms with E-state index >= 15 is 0 Å². The summed E-state index contributed by atoms with van der Waals surface area (Å²) in [5.74, 6) is 0.912. The SMILES string of the molecule is CNCCc1ccccc1-c1nc2ccncc2[nH]1. The van der Waals surface area contributed by atoms with E-state index in [2.05, 4.69) is 38.5 Å². The number of aromatic nitrogens is 3. The van der Waals surface area contributed by atoms with E-state index in [0.717, 1.165) is 35.4 Å². The Morgan fingerprint density at radius 2 is 2.11 bits per heavy atom. The number of benzene rings is 1. The molecule has 4 nitrogen and oxygen atoms in total. The van der Waals surface area contributed by atoms with E-state index in [1.165, 1.54) is 5.56 Å². The van der Waals surface area contributed by atoms with Crippen LogP contribution in [-0.4, -0.2) is 28.5 Å². The smallest absolute Gasteiger partial charge is 0.138 e. The first kappa shape index (κ1) is 11.9. The van der Waals surface area contributed by atoms with Gasteiger partial charge in [-0.3, -0.25) is 4.98 Å². The fourth-order valence-corrected chi connectivity index (χ4v) is 2.21. The Hall–Kier alpha value is -2.20. The molecule has 0 spiro atoms. The second-order valence-corrected chi connectivity index (χ2v) is 4.49. The van der Waals surface area contributed by atoms with Crippen LogP contribution < -0.4 is 5.32 Å². The van der Waals surface area contributed by atoms with E-state index in [9.17, 15) is 0 Å². The highest BCUT2D eigenvalue weighted by Gasteiger charge is 2.08. The molecular weight excluding hydrogens is 236 g/mol. The molecule has 2 N–H and O–H groups in total. The van der Waals surface area contributed by atoms with Gasteiger partial charge in [-0.25, -0.2) is 4.98 Å². The average molecular weight is 252 g/mol. The molecule has 3 aromatic rings. The molecule has 0 aliphatic heterocycles. The lowest BCUT2D eigenvalue weighted by molar-refractivity contribution is 0.792. The van der Waals surface area contributed by atoms with Crippen LogP contribution in [0.5, 0.6) is 0 Å². The first-order chi connectivity index (χ1) is 9.38. The minimum Gasteiger partial charge on any atom is -0.337 e. The molecule has 2 aromatic heterocycles. The summed E-state index contributed by atoms with van der Waals surface area (Å²) in [6, 6.07) is 10.3. The van der Waals surface area contributed by atoms with Crippen molar-refractivity contribution in [3.05, 3.63) is 48.3 Å². The van der Waals surface area contributed by atoms with Crippen molar-refractivity contribution in [2.45, 2.75) is 6.42 Å². The predicted molar refractivity (Wildman–Crippen MR) is 77.0 cm³/mol. The third-order valence-corrected chi connectivity index (χ3v) is 3.20. The summed E-state index contributed by atoms with van der Waals surface area (Å²) in [4.78, 5) is 12.1. The highest BCUT2D eigenvalue weighted by molar-refractivity contribution is 5.78. The molecule has 96 valence electrons. The molecule has 0 radical (unpaired) electrons. The number of rotatable bonds is 4.